The Morgan fingerprint density at radius 3 is 2.35 bits per heavy atom. The number of H-pyrrole nitrogens is 1. The van der Waals surface area contributed by atoms with E-state index in [1.807, 2.05) is 62.4 Å². The highest BCUT2D eigenvalue weighted by Gasteiger charge is 2.20. The monoisotopic (exact) mass is 462 g/mol. The van der Waals surface area contributed by atoms with Crippen LogP contribution in [0.15, 0.2) is 53.3 Å². The third-order valence-electron chi connectivity index (χ3n) is 6.01. The second-order valence-corrected chi connectivity index (χ2v) is 8.98. The first kappa shape index (κ1) is 23.6. The molecule has 2 aromatic carbocycles. The van der Waals surface area contributed by atoms with Crippen molar-refractivity contribution in [3.05, 3.63) is 76.0 Å². The summed E-state index contributed by atoms with van der Waals surface area (Å²) in [6.07, 6.45) is 2.61. The average Bonchev–Trinajstić information content (AvgIpc) is 3.46. The lowest BCUT2D eigenvalue weighted by Gasteiger charge is -2.11. The van der Waals surface area contributed by atoms with Crippen LogP contribution in [0.4, 0.5) is 4.39 Å². The van der Waals surface area contributed by atoms with Crippen LogP contribution in [0.1, 0.15) is 50.6 Å². The van der Waals surface area contributed by atoms with Gasteiger partial charge in [0.2, 0.25) is 5.82 Å². The van der Waals surface area contributed by atoms with E-state index in [0.29, 0.717) is 31.0 Å². The minimum absolute atomic E-state index is 0.126. The van der Waals surface area contributed by atoms with E-state index in [1.165, 1.54) is 0 Å². The highest BCUT2D eigenvalue weighted by Crippen LogP contribution is 2.30. The summed E-state index contributed by atoms with van der Waals surface area (Å²) in [6, 6.07) is 16.0. The van der Waals surface area contributed by atoms with E-state index in [4.69, 9.17) is 0 Å². The maximum atomic E-state index is 14.1. The van der Waals surface area contributed by atoms with Crippen LogP contribution in [-0.2, 0) is 26.2 Å². The van der Waals surface area contributed by atoms with Crippen molar-refractivity contribution in [1.82, 2.24) is 29.8 Å². The molecule has 4 aromatic rings. The van der Waals surface area contributed by atoms with E-state index in [2.05, 4.69) is 27.5 Å². The summed E-state index contributed by atoms with van der Waals surface area (Å²) < 4.78 is 17.5. The van der Waals surface area contributed by atoms with Gasteiger partial charge < -0.3 is 0 Å². The summed E-state index contributed by atoms with van der Waals surface area (Å²) in [6.45, 7) is 6.51. The summed E-state index contributed by atoms with van der Waals surface area (Å²) in [5.74, 6) is 0.800. The Balaban J connectivity index is 1.67. The summed E-state index contributed by atoms with van der Waals surface area (Å²) in [5.41, 5.74) is 5.12. The van der Waals surface area contributed by atoms with Crippen LogP contribution in [0, 0.1) is 5.92 Å². The molecule has 0 aliphatic heterocycles. The molecule has 0 unspecified atom stereocenters. The quantitative estimate of drug-likeness (QED) is 0.359. The van der Waals surface area contributed by atoms with Gasteiger partial charge in [0.1, 0.15) is 6.67 Å². The summed E-state index contributed by atoms with van der Waals surface area (Å²) in [4.78, 5) is 13.3. The van der Waals surface area contributed by atoms with Crippen LogP contribution < -0.4 is 5.69 Å². The Hall–Kier alpha value is -3.55. The van der Waals surface area contributed by atoms with E-state index < -0.39 is 6.67 Å². The van der Waals surface area contributed by atoms with Crippen molar-refractivity contribution in [2.45, 2.75) is 59.8 Å². The number of halogens is 1. The number of benzene rings is 2. The van der Waals surface area contributed by atoms with Gasteiger partial charge in [0, 0.05) is 17.8 Å². The maximum absolute atomic E-state index is 14.1. The number of hydrogen-bond donors (Lipinski definition) is 1. The molecule has 0 amide bonds. The van der Waals surface area contributed by atoms with E-state index in [1.54, 1.807) is 9.13 Å². The van der Waals surface area contributed by atoms with Gasteiger partial charge in [0.25, 0.3) is 0 Å². The molecule has 0 radical (unpaired) electrons. The molecule has 7 nitrogen and oxygen atoms in total. The number of hydrogen-bond acceptors (Lipinski definition) is 4. The molecule has 0 aliphatic rings. The summed E-state index contributed by atoms with van der Waals surface area (Å²) in [7, 11) is 0. The lowest BCUT2D eigenvalue weighted by atomic mass is 9.98. The zero-order valence-electron chi connectivity index (χ0n) is 20.0. The molecule has 0 aliphatic carbocycles. The number of nitrogens with one attached hydrogen (secondary N) is 1. The summed E-state index contributed by atoms with van der Waals surface area (Å²) in [5, 5.41) is 14.4. The SMILES string of the molecule is CCCCc1c(CF)n(CC(C)C)c(=O)n1Cc1ccc(-c2ccccc2-c2nn[nH]n2)cc1. The molecule has 0 saturated heterocycles. The van der Waals surface area contributed by atoms with Gasteiger partial charge in [-0.15, -0.1) is 10.2 Å². The topological polar surface area (TPSA) is 81.4 Å². The number of imidazole rings is 1. The first-order chi connectivity index (χ1) is 16.5. The smallest absolute Gasteiger partial charge is 0.293 e. The van der Waals surface area contributed by atoms with Crippen LogP contribution in [0.3, 0.4) is 0 Å². The first-order valence-electron chi connectivity index (χ1n) is 11.8. The lowest BCUT2D eigenvalue weighted by molar-refractivity contribution is 0.428. The number of unbranched alkanes of at least 4 members (excludes halogenated alkanes) is 1. The molecule has 4 rings (SSSR count). The van der Waals surface area contributed by atoms with Crippen LogP contribution >= 0.6 is 0 Å². The third kappa shape index (κ3) is 4.85. The predicted octanol–water partition coefficient (Wildman–Crippen LogP) is 5.01. The summed E-state index contributed by atoms with van der Waals surface area (Å²) >= 11 is 0. The fourth-order valence-corrected chi connectivity index (χ4v) is 4.36. The van der Waals surface area contributed by atoms with Gasteiger partial charge in [0.05, 0.1) is 12.2 Å². The van der Waals surface area contributed by atoms with Gasteiger partial charge >= 0.3 is 5.69 Å². The Morgan fingerprint density at radius 2 is 1.74 bits per heavy atom. The Kier molecular flexibility index (Phi) is 7.35. The molecule has 2 aromatic heterocycles. The standard InChI is InChI=1S/C26H31FN6O/c1-4-5-10-23-24(15-27)32(16-18(2)3)26(34)33(23)17-19-11-13-20(14-12-19)21-8-6-7-9-22(21)25-28-30-31-29-25/h6-9,11-14,18H,4-5,10,15-17H2,1-3H3,(H,28,29,30,31). The number of rotatable bonds is 10. The van der Waals surface area contributed by atoms with Crippen LogP contribution in [0.2, 0.25) is 0 Å². The third-order valence-corrected chi connectivity index (χ3v) is 6.01. The number of tetrazole rings is 1. The predicted molar refractivity (Wildman–Crippen MR) is 131 cm³/mol. The van der Waals surface area contributed by atoms with Gasteiger partial charge in [-0.2, -0.15) is 5.21 Å². The van der Waals surface area contributed by atoms with Crippen molar-refractivity contribution in [3.8, 4) is 22.5 Å². The number of aromatic amines is 1. The van der Waals surface area contributed by atoms with Gasteiger partial charge in [-0.05, 0) is 40.7 Å². The maximum Gasteiger partial charge on any atom is 0.328 e. The van der Waals surface area contributed by atoms with Crippen molar-refractivity contribution in [2.24, 2.45) is 5.92 Å². The van der Waals surface area contributed by atoms with Crippen LogP contribution in [0.5, 0.6) is 0 Å². The fourth-order valence-electron chi connectivity index (χ4n) is 4.36. The Bertz CT molecular complexity index is 1270. The average molecular weight is 463 g/mol. The van der Waals surface area contributed by atoms with Crippen molar-refractivity contribution < 1.29 is 4.39 Å². The van der Waals surface area contributed by atoms with Crippen molar-refractivity contribution in [3.63, 3.8) is 0 Å². The molecule has 0 spiro atoms. The highest BCUT2D eigenvalue weighted by molar-refractivity contribution is 5.80. The molecule has 178 valence electrons. The minimum Gasteiger partial charge on any atom is -0.293 e. The van der Waals surface area contributed by atoms with Crippen LogP contribution in [0.25, 0.3) is 22.5 Å². The van der Waals surface area contributed by atoms with Gasteiger partial charge in [-0.3, -0.25) is 9.13 Å². The van der Waals surface area contributed by atoms with E-state index in [0.717, 1.165) is 40.8 Å². The van der Waals surface area contributed by atoms with Gasteiger partial charge in [-0.1, -0.05) is 75.7 Å². The Labute approximate surface area is 198 Å². The molecule has 34 heavy (non-hydrogen) atoms. The molecule has 0 atom stereocenters. The van der Waals surface area contributed by atoms with Gasteiger partial charge in [0.15, 0.2) is 0 Å². The van der Waals surface area contributed by atoms with Crippen molar-refractivity contribution in [2.75, 3.05) is 0 Å². The molecule has 2 heterocycles. The molecule has 0 saturated carbocycles. The van der Waals surface area contributed by atoms with E-state index in [-0.39, 0.29) is 11.6 Å². The second-order valence-electron chi connectivity index (χ2n) is 8.98. The van der Waals surface area contributed by atoms with Crippen molar-refractivity contribution in [1.29, 1.82) is 0 Å². The van der Waals surface area contributed by atoms with Crippen LogP contribution in [-0.4, -0.2) is 29.8 Å². The molecule has 0 bridgehead atoms. The fraction of sp³-hybridized carbons (Fsp3) is 0.385. The van der Waals surface area contributed by atoms with E-state index in [9.17, 15) is 9.18 Å². The van der Waals surface area contributed by atoms with Gasteiger partial charge in [-0.25, -0.2) is 9.18 Å². The molecule has 0 fully saturated rings. The zero-order chi connectivity index (χ0) is 24.1. The largest absolute Gasteiger partial charge is 0.328 e. The normalized spacial score (nSPS) is 11.4. The Morgan fingerprint density at radius 1 is 1.00 bits per heavy atom. The number of alkyl halides is 1. The molecule has 8 heteroatoms. The molecular weight excluding hydrogens is 431 g/mol. The highest BCUT2D eigenvalue weighted by atomic mass is 19.1. The van der Waals surface area contributed by atoms with E-state index >= 15 is 0 Å². The number of nitrogens with zero attached hydrogens (tertiary/aromatic N) is 5. The zero-order valence-corrected chi connectivity index (χ0v) is 20.0. The molecular formula is C26H31FN6O. The van der Waals surface area contributed by atoms with Crippen molar-refractivity contribution >= 4 is 0 Å². The number of aromatic nitrogens is 6. The molecule has 1 N–H and O–H groups in total. The second kappa shape index (κ2) is 10.6. The lowest BCUT2D eigenvalue weighted by Crippen LogP contribution is -2.27. The minimum atomic E-state index is -0.625. The first-order valence-corrected chi connectivity index (χ1v) is 11.8.